The van der Waals surface area contributed by atoms with E-state index in [4.69, 9.17) is 14.4 Å². The number of hydrogen-bond acceptors (Lipinski definition) is 4. The molecule has 0 fully saturated rings. The molecule has 0 aliphatic heterocycles. The van der Waals surface area contributed by atoms with E-state index in [1.807, 2.05) is 30.3 Å². The molecule has 0 amide bonds. The van der Waals surface area contributed by atoms with E-state index in [0.717, 1.165) is 16.9 Å². The quantitative estimate of drug-likeness (QED) is 0.794. The first-order chi connectivity index (χ1) is 10.7. The second-order valence-corrected chi connectivity index (χ2v) is 4.69. The maximum atomic E-state index is 10.8. The third kappa shape index (κ3) is 2.69. The normalized spacial score (nSPS) is 10.4. The number of methoxy groups -OCH3 is 1. The fraction of sp³-hybridized carbons (Fsp3) is 0.0588. The highest BCUT2D eigenvalue weighted by Gasteiger charge is 2.10. The summed E-state index contributed by atoms with van der Waals surface area (Å²) in [6.07, 6.45) is 0. The van der Waals surface area contributed by atoms with Gasteiger partial charge in [0.05, 0.1) is 12.7 Å². The molecular weight excluding hydrogens is 282 g/mol. The van der Waals surface area contributed by atoms with Gasteiger partial charge in [-0.25, -0.2) is 4.79 Å². The Hall–Kier alpha value is -3.08. The summed E-state index contributed by atoms with van der Waals surface area (Å²) in [5.41, 5.74) is 2.58. The van der Waals surface area contributed by atoms with Gasteiger partial charge in [0.25, 0.3) is 0 Å². The number of nitrogens with zero attached hydrogens (tertiary/aromatic N) is 1. The van der Waals surface area contributed by atoms with Gasteiger partial charge in [-0.05, 0) is 36.4 Å². The predicted octanol–water partition coefficient (Wildman–Crippen LogP) is 3.72. The molecule has 0 saturated carbocycles. The molecule has 0 atom stereocenters. The molecule has 0 saturated heterocycles. The van der Waals surface area contributed by atoms with Gasteiger partial charge in [-0.2, -0.15) is 0 Å². The van der Waals surface area contributed by atoms with Crippen molar-refractivity contribution in [2.45, 2.75) is 0 Å². The number of benzene rings is 2. The van der Waals surface area contributed by atoms with Crippen molar-refractivity contribution in [1.82, 2.24) is 5.16 Å². The first-order valence-electron chi connectivity index (χ1n) is 6.62. The molecule has 0 bridgehead atoms. The van der Waals surface area contributed by atoms with Crippen LogP contribution in [0.1, 0.15) is 10.4 Å². The lowest BCUT2D eigenvalue weighted by Gasteiger charge is -1.99. The van der Waals surface area contributed by atoms with Crippen molar-refractivity contribution in [2.24, 2.45) is 0 Å². The van der Waals surface area contributed by atoms with Crippen LogP contribution in [-0.2, 0) is 0 Å². The summed E-state index contributed by atoms with van der Waals surface area (Å²) in [4.78, 5) is 10.8. The van der Waals surface area contributed by atoms with Crippen LogP contribution < -0.4 is 4.74 Å². The van der Waals surface area contributed by atoms with Gasteiger partial charge < -0.3 is 14.4 Å². The van der Waals surface area contributed by atoms with Crippen LogP contribution in [0, 0.1) is 0 Å². The van der Waals surface area contributed by atoms with Crippen LogP contribution in [0.5, 0.6) is 5.75 Å². The Balaban J connectivity index is 1.87. The number of aromatic nitrogens is 1. The largest absolute Gasteiger partial charge is 0.497 e. The summed E-state index contributed by atoms with van der Waals surface area (Å²) in [5, 5.41) is 12.9. The molecule has 22 heavy (non-hydrogen) atoms. The fourth-order valence-electron chi connectivity index (χ4n) is 2.09. The first kappa shape index (κ1) is 13.9. The first-order valence-corrected chi connectivity index (χ1v) is 6.62. The highest BCUT2D eigenvalue weighted by molar-refractivity contribution is 5.88. The number of hydrogen-bond donors (Lipinski definition) is 1. The van der Waals surface area contributed by atoms with Gasteiger partial charge in [0.1, 0.15) is 11.4 Å². The maximum Gasteiger partial charge on any atom is 0.335 e. The zero-order valence-corrected chi connectivity index (χ0v) is 11.8. The summed E-state index contributed by atoms with van der Waals surface area (Å²) in [6, 6.07) is 15.8. The number of carboxylic acids is 1. The monoisotopic (exact) mass is 295 g/mol. The lowest BCUT2D eigenvalue weighted by molar-refractivity contribution is 0.0697. The molecule has 2 aromatic carbocycles. The van der Waals surface area contributed by atoms with Gasteiger partial charge >= 0.3 is 5.97 Å². The van der Waals surface area contributed by atoms with Gasteiger partial charge in [0.2, 0.25) is 0 Å². The van der Waals surface area contributed by atoms with Crippen LogP contribution in [-0.4, -0.2) is 23.3 Å². The molecule has 3 rings (SSSR count). The predicted molar refractivity (Wildman–Crippen MR) is 80.9 cm³/mol. The van der Waals surface area contributed by atoms with E-state index in [2.05, 4.69) is 5.16 Å². The van der Waals surface area contributed by atoms with Crippen molar-refractivity contribution in [3.63, 3.8) is 0 Å². The molecule has 3 aromatic rings. The Morgan fingerprint density at radius 3 is 2.27 bits per heavy atom. The molecule has 0 unspecified atom stereocenters. The van der Waals surface area contributed by atoms with Crippen molar-refractivity contribution in [3.8, 4) is 28.3 Å². The summed E-state index contributed by atoms with van der Waals surface area (Å²) in [6.45, 7) is 0. The molecule has 0 radical (unpaired) electrons. The average Bonchev–Trinajstić information content (AvgIpc) is 3.05. The Morgan fingerprint density at radius 2 is 1.68 bits per heavy atom. The van der Waals surface area contributed by atoms with Crippen molar-refractivity contribution in [3.05, 3.63) is 60.2 Å². The van der Waals surface area contributed by atoms with Crippen LogP contribution >= 0.6 is 0 Å². The highest BCUT2D eigenvalue weighted by Crippen LogP contribution is 2.27. The number of ether oxygens (including phenoxy) is 1. The Kier molecular flexibility index (Phi) is 3.62. The SMILES string of the molecule is COc1ccc(-c2cc(-c3ccc(C(=O)O)cc3)no2)cc1. The molecule has 1 heterocycles. The minimum Gasteiger partial charge on any atom is -0.497 e. The van der Waals surface area contributed by atoms with Crippen LogP contribution in [0.15, 0.2) is 59.1 Å². The third-order valence-electron chi connectivity index (χ3n) is 3.31. The van der Waals surface area contributed by atoms with E-state index >= 15 is 0 Å². The molecule has 0 spiro atoms. The Morgan fingerprint density at radius 1 is 1.05 bits per heavy atom. The lowest BCUT2D eigenvalue weighted by atomic mass is 10.1. The minimum absolute atomic E-state index is 0.239. The second-order valence-electron chi connectivity index (χ2n) is 4.69. The van der Waals surface area contributed by atoms with Gasteiger partial charge in [0, 0.05) is 17.2 Å². The topological polar surface area (TPSA) is 72.6 Å². The molecule has 5 heteroatoms. The van der Waals surface area contributed by atoms with E-state index in [1.165, 1.54) is 0 Å². The number of carbonyl (C=O) groups is 1. The second kappa shape index (κ2) is 5.73. The molecule has 1 aromatic heterocycles. The van der Waals surface area contributed by atoms with Gasteiger partial charge in [-0.1, -0.05) is 17.3 Å². The average molecular weight is 295 g/mol. The number of aromatic carboxylic acids is 1. The Labute approximate surface area is 126 Å². The van der Waals surface area contributed by atoms with Crippen molar-refractivity contribution in [2.75, 3.05) is 7.11 Å². The zero-order chi connectivity index (χ0) is 15.5. The summed E-state index contributed by atoms with van der Waals surface area (Å²) in [7, 11) is 1.61. The Bertz CT molecular complexity index is 788. The number of rotatable bonds is 4. The molecule has 0 aliphatic rings. The summed E-state index contributed by atoms with van der Waals surface area (Å²) >= 11 is 0. The molecule has 110 valence electrons. The fourth-order valence-corrected chi connectivity index (χ4v) is 2.09. The van der Waals surface area contributed by atoms with E-state index in [0.29, 0.717) is 11.5 Å². The van der Waals surface area contributed by atoms with Crippen molar-refractivity contribution < 1.29 is 19.2 Å². The van der Waals surface area contributed by atoms with Crippen molar-refractivity contribution >= 4 is 5.97 Å². The van der Waals surface area contributed by atoms with Crippen LogP contribution in [0.4, 0.5) is 0 Å². The van der Waals surface area contributed by atoms with E-state index in [9.17, 15) is 4.79 Å². The molecule has 0 aliphatic carbocycles. The maximum absolute atomic E-state index is 10.8. The lowest BCUT2D eigenvalue weighted by Crippen LogP contribution is -1.94. The van der Waals surface area contributed by atoms with Crippen LogP contribution in [0.25, 0.3) is 22.6 Å². The van der Waals surface area contributed by atoms with Gasteiger partial charge in [-0.15, -0.1) is 0 Å². The summed E-state index contributed by atoms with van der Waals surface area (Å²) in [5.74, 6) is 0.457. The van der Waals surface area contributed by atoms with Crippen LogP contribution in [0.3, 0.4) is 0 Å². The molecule has 5 nitrogen and oxygen atoms in total. The standard InChI is InChI=1S/C17H13NO4/c1-21-14-8-6-12(7-9-14)16-10-15(18-22-16)11-2-4-13(5-3-11)17(19)20/h2-10H,1H3,(H,19,20). The third-order valence-corrected chi connectivity index (χ3v) is 3.31. The van der Waals surface area contributed by atoms with Crippen LogP contribution in [0.2, 0.25) is 0 Å². The summed E-state index contributed by atoms with van der Waals surface area (Å²) < 4.78 is 10.5. The molecule has 1 N–H and O–H groups in total. The van der Waals surface area contributed by atoms with E-state index < -0.39 is 5.97 Å². The zero-order valence-electron chi connectivity index (χ0n) is 11.8. The van der Waals surface area contributed by atoms with E-state index in [1.54, 1.807) is 31.4 Å². The van der Waals surface area contributed by atoms with E-state index in [-0.39, 0.29) is 5.56 Å². The van der Waals surface area contributed by atoms with Crippen molar-refractivity contribution in [1.29, 1.82) is 0 Å². The van der Waals surface area contributed by atoms with Gasteiger partial charge in [0.15, 0.2) is 5.76 Å². The molecular formula is C17H13NO4. The van der Waals surface area contributed by atoms with Gasteiger partial charge in [-0.3, -0.25) is 0 Å². The smallest absolute Gasteiger partial charge is 0.335 e. The number of carboxylic acid groups (broad SMARTS) is 1. The highest BCUT2D eigenvalue weighted by atomic mass is 16.5. The minimum atomic E-state index is -0.953.